The summed E-state index contributed by atoms with van der Waals surface area (Å²) in [6.45, 7) is 0. The molecular weight excluding hydrogens is 135 g/mol. The first kappa shape index (κ1) is 48.3. The van der Waals surface area contributed by atoms with Gasteiger partial charge in [0.05, 0.1) is 0 Å². The van der Waals surface area contributed by atoms with Crippen molar-refractivity contribution in [3.05, 3.63) is 0 Å². The minimum absolute atomic E-state index is 0. The standard InChI is InChI=1S/CH2O3.ClH.FH.3Li/c2-1(3)4;;;;;/h(H2,2,3,4);2*1H;;;/q;;;3*+1/p-3. The first-order valence-electron chi connectivity index (χ1n) is 0.632. The van der Waals surface area contributed by atoms with Crippen LogP contribution in [0.1, 0.15) is 0 Å². The van der Waals surface area contributed by atoms with Crippen LogP contribution in [0.15, 0.2) is 0 Å². The van der Waals surface area contributed by atoms with Crippen molar-refractivity contribution in [3.63, 3.8) is 0 Å². The van der Waals surface area contributed by atoms with Gasteiger partial charge in [0.2, 0.25) is 6.16 Å². The van der Waals surface area contributed by atoms with Gasteiger partial charge in [-0.3, -0.25) is 0 Å². The minimum atomic E-state index is -2.08. The monoisotopic (exact) mass is 136 g/mol. The Bertz CT molecular complexity index is 42.0. The molecule has 0 unspecified atom stereocenters. The summed E-state index contributed by atoms with van der Waals surface area (Å²) < 4.78 is 0. The number of hydrogen-bond acceptors (Lipinski definition) is 2. The molecule has 0 saturated heterocycles. The zero-order chi connectivity index (χ0) is 3.58. The maximum absolute atomic E-state index is 8.44. The normalized spacial score (nSPS) is 2.67. The van der Waals surface area contributed by atoms with Gasteiger partial charge in [0, 0.05) is 0 Å². The number of carbonyl (C=O) groups is 1. The molecule has 1 N–H and O–H groups in total. The molecule has 0 bridgehead atoms. The van der Waals surface area contributed by atoms with Crippen molar-refractivity contribution in [2.75, 3.05) is 0 Å². The fraction of sp³-hybridized carbons (Fsp3) is 0. The Morgan fingerprint density at radius 3 is 1.22 bits per heavy atom. The Morgan fingerprint density at radius 1 is 1.22 bits per heavy atom. The molecule has 40 valence electrons. The van der Waals surface area contributed by atoms with Crippen LogP contribution in [-0.4, -0.2) is 11.3 Å². The Kier molecular flexibility index (Phi) is 186. The van der Waals surface area contributed by atoms with E-state index in [9.17, 15) is 0 Å². The molecule has 0 fully saturated rings. The van der Waals surface area contributed by atoms with E-state index in [1.807, 2.05) is 0 Å². The molecule has 9 heavy (non-hydrogen) atoms. The van der Waals surface area contributed by atoms with Gasteiger partial charge in [0.25, 0.3) is 0 Å². The van der Waals surface area contributed by atoms with Crippen molar-refractivity contribution in [3.8, 4) is 0 Å². The van der Waals surface area contributed by atoms with Gasteiger partial charge in [0.1, 0.15) is 0 Å². The van der Waals surface area contributed by atoms with Crippen LogP contribution >= 0.6 is 0 Å². The topological polar surface area (TPSA) is 60.4 Å². The summed E-state index contributed by atoms with van der Waals surface area (Å²) in [5.41, 5.74) is 0. The van der Waals surface area contributed by atoms with Crippen LogP contribution in [0.5, 0.6) is 0 Å². The van der Waals surface area contributed by atoms with E-state index in [-0.39, 0.29) is 73.7 Å². The Balaban J connectivity index is -0.00000000450. The van der Waals surface area contributed by atoms with E-state index in [1.54, 1.807) is 0 Å². The van der Waals surface area contributed by atoms with Crippen molar-refractivity contribution in [1.82, 2.24) is 0 Å². The van der Waals surface area contributed by atoms with Gasteiger partial charge >= 0.3 is 56.6 Å². The second-order valence-corrected chi connectivity index (χ2v) is 0.266. The van der Waals surface area contributed by atoms with E-state index >= 15 is 0 Å². The third-order valence-corrected chi connectivity index (χ3v) is 0. The maximum Gasteiger partial charge on any atom is 1.00 e. The van der Waals surface area contributed by atoms with Crippen LogP contribution in [0, 0.1) is 0 Å². The van der Waals surface area contributed by atoms with E-state index in [2.05, 4.69) is 0 Å². The van der Waals surface area contributed by atoms with Gasteiger partial charge in [0.15, 0.2) is 0 Å². The van der Waals surface area contributed by atoms with Crippen molar-refractivity contribution < 1.29 is 88.7 Å². The molecule has 3 nitrogen and oxygen atoms in total. The fourth-order valence-corrected chi connectivity index (χ4v) is 0. The van der Waals surface area contributed by atoms with Crippen LogP contribution in [0.2, 0.25) is 0 Å². The SMILES string of the molecule is O=C([O-])O.[Cl-].[F-].[Li+].[Li+].[Li+]. The molecule has 0 aliphatic rings. The number of halogens is 2. The number of carboxylic acid groups (broad SMARTS) is 2. The Hall–Kier alpha value is 1.28. The van der Waals surface area contributed by atoms with Crippen molar-refractivity contribution in [1.29, 1.82) is 0 Å². The van der Waals surface area contributed by atoms with E-state index in [1.165, 1.54) is 0 Å². The Morgan fingerprint density at radius 2 is 1.22 bits per heavy atom. The zero-order valence-corrected chi connectivity index (χ0v) is 6.28. The molecule has 0 saturated carbocycles. The third kappa shape index (κ3) is 299. The molecule has 0 amide bonds. The first-order chi connectivity index (χ1) is 1.73. The second kappa shape index (κ2) is 34.7. The summed E-state index contributed by atoms with van der Waals surface area (Å²) >= 11 is 0. The van der Waals surface area contributed by atoms with E-state index in [0.29, 0.717) is 0 Å². The summed E-state index contributed by atoms with van der Waals surface area (Å²) in [7, 11) is 0. The van der Waals surface area contributed by atoms with Crippen LogP contribution in [0.4, 0.5) is 4.79 Å². The molecule has 0 spiro atoms. The quantitative estimate of drug-likeness (QED) is 0.336. The predicted octanol–water partition coefficient (Wildman–Crippen LogP) is -16.1. The van der Waals surface area contributed by atoms with E-state index in [0.717, 1.165) is 0 Å². The summed E-state index contributed by atoms with van der Waals surface area (Å²) in [5.74, 6) is 0. The van der Waals surface area contributed by atoms with Crippen molar-refractivity contribution in [2.45, 2.75) is 0 Å². The smallest absolute Gasteiger partial charge is 1.00 e. The summed E-state index contributed by atoms with van der Waals surface area (Å²) in [6.07, 6.45) is -2.08. The van der Waals surface area contributed by atoms with Crippen LogP contribution in [0.3, 0.4) is 0 Å². The molecule has 0 aromatic rings. The van der Waals surface area contributed by atoms with Gasteiger partial charge in [-0.25, -0.2) is 0 Å². The van der Waals surface area contributed by atoms with Gasteiger partial charge < -0.3 is 32.1 Å². The molecule has 0 aromatic carbocycles. The molecule has 0 atom stereocenters. The van der Waals surface area contributed by atoms with Crippen LogP contribution in [0.25, 0.3) is 0 Å². The van der Waals surface area contributed by atoms with Gasteiger partial charge in [-0.15, -0.1) is 0 Å². The second-order valence-electron chi connectivity index (χ2n) is 0.266. The molecule has 0 aliphatic carbocycles. The predicted molar refractivity (Wildman–Crippen MR) is 8.02 cm³/mol. The van der Waals surface area contributed by atoms with Crippen molar-refractivity contribution >= 4 is 6.16 Å². The summed E-state index contributed by atoms with van der Waals surface area (Å²) in [4.78, 5) is 8.44. The van der Waals surface area contributed by atoms with Crippen LogP contribution in [-0.2, 0) is 0 Å². The minimum Gasteiger partial charge on any atom is -1.00 e. The molecule has 0 heterocycles. The molecule has 8 heteroatoms. The largest absolute Gasteiger partial charge is 1.00 e. The maximum atomic E-state index is 8.44. The van der Waals surface area contributed by atoms with Gasteiger partial charge in [-0.1, -0.05) is 0 Å². The first-order valence-corrected chi connectivity index (χ1v) is 0.632. The van der Waals surface area contributed by atoms with Crippen molar-refractivity contribution in [2.24, 2.45) is 0 Å². The van der Waals surface area contributed by atoms with E-state index < -0.39 is 6.16 Å². The van der Waals surface area contributed by atoms with E-state index in [4.69, 9.17) is 15.0 Å². The number of rotatable bonds is 0. The Labute approximate surface area is 94.3 Å². The molecule has 0 radical (unpaired) electrons. The van der Waals surface area contributed by atoms with Gasteiger partial charge in [-0.2, -0.15) is 0 Å². The number of hydrogen-bond donors (Lipinski definition) is 1. The van der Waals surface area contributed by atoms with Crippen LogP contribution < -0.4 is 78.8 Å². The summed E-state index contributed by atoms with van der Waals surface area (Å²) in [5, 5.41) is 15.3. The molecule has 0 aliphatic heterocycles. The third-order valence-electron chi connectivity index (χ3n) is 0. The summed E-state index contributed by atoms with van der Waals surface area (Å²) in [6, 6.07) is 0. The van der Waals surface area contributed by atoms with Gasteiger partial charge in [-0.05, 0) is 0 Å². The molecular formula is CHClFLi3O3. The molecule has 0 rings (SSSR count). The average Bonchev–Trinajstić information content (AvgIpc) is 0.811. The molecule has 0 aromatic heterocycles. The average molecular weight is 136 g/mol. The zero-order valence-electron chi connectivity index (χ0n) is 5.52. The fourth-order valence-electron chi connectivity index (χ4n) is 0.